The van der Waals surface area contributed by atoms with Crippen molar-refractivity contribution < 1.29 is 31.3 Å². The van der Waals surface area contributed by atoms with Gasteiger partial charge in [0.05, 0.1) is 49.3 Å². The monoisotopic (exact) mass is 630 g/mol. The molecule has 3 heterocycles. The van der Waals surface area contributed by atoms with Gasteiger partial charge in [-0.3, -0.25) is 4.79 Å². The van der Waals surface area contributed by atoms with Crippen LogP contribution in [0.5, 0.6) is 0 Å². The molecule has 2 saturated carbocycles. The summed E-state index contributed by atoms with van der Waals surface area (Å²) in [5.74, 6) is -3.05. The Bertz CT molecular complexity index is 1390. The van der Waals surface area contributed by atoms with Crippen molar-refractivity contribution >= 4 is 22.9 Å². The lowest BCUT2D eigenvalue weighted by atomic mass is 9.81. The van der Waals surface area contributed by atoms with Gasteiger partial charge in [0.15, 0.2) is 5.65 Å². The van der Waals surface area contributed by atoms with Crippen molar-refractivity contribution in [2.75, 3.05) is 5.75 Å². The zero-order valence-electron chi connectivity index (χ0n) is 23.7. The summed E-state index contributed by atoms with van der Waals surface area (Å²) < 4.78 is 84.7. The number of aryl methyl sites for hydroxylation is 1. The molecule has 2 N–H and O–H groups in total. The third-order valence-corrected chi connectivity index (χ3v) is 9.23. The number of imidazole rings is 1. The van der Waals surface area contributed by atoms with Gasteiger partial charge in [-0.1, -0.05) is 18.6 Å². The summed E-state index contributed by atoms with van der Waals surface area (Å²) in [4.78, 5) is 18.0. The molecule has 3 atom stereocenters. The summed E-state index contributed by atoms with van der Waals surface area (Å²) in [6.07, 6.45) is 2.06. The van der Waals surface area contributed by atoms with Crippen LogP contribution in [0.2, 0.25) is 0 Å². The lowest BCUT2D eigenvalue weighted by molar-refractivity contribution is -0.137. The molecule has 1 unspecified atom stereocenters. The lowest BCUT2D eigenvalue weighted by Crippen LogP contribution is -2.38. The molecule has 2 aliphatic carbocycles. The van der Waals surface area contributed by atoms with Crippen molar-refractivity contribution in [3.63, 3.8) is 0 Å². The fraction of sp³-hybridized carbons (Fsp3) is 0.667. The molecule has 0 radical (unpaired) electrons. The number of nitrogens with one attached hydrogen (secondary N) is 2. The predicted octanol–water partition coefficient (Wildman–Crippen LogP) is 5.07. The van der Waals surface area contributed by atoms with E-state index in [0.717, 1.165) is 42.1 Å². The third-order valence-electron chi connectivity index (χ3n) is 8.05. The van der Waals surface area contributed by atoms with E-state index < -0.39 is 54.3 Å². The highest BCUT2D eigenvalue weighted by Crippen LogP contribution is 2.43. The van der Waals surface area contributed by atoms with Gasteiger partial charge in [0.1, 0.15) is 11.4 Å². The Morgan fingerprint density at radius 1 is 1.16 bits per heavy atom. The van der Waals surface area contributed by atoms with E-state index in [9.17, 15) is 31.3 Å². The van der Waals surface area contributed by atoms with Gasteiger partial charge in [-0.25, -0.2) is 23.0 Å². The zero-order chi connectivity index (χ0) is 30.8. The first-order chi connectivity index (χ1) is 20.4. The van der Waals surface area contributed by atoms with Crippen LogP contribution >= 0.6 is 0 Å². The van der Waals surface area contributed by atoms with E-state index in [-0.39, 0.29) is 37.4 Å². The van der Waals surface area contributed by atoms with Crippen molar-refractivity contribution in [2.24, 2.45) is 11.8 Å². The summed E-state index contributed by atoms with van der Waals surface area (Å²) in [7, 11) is 0. The zero-order valence-corrected chi connectivity index (χ0v) is 24.5. The van der Waals surface area contributed by atoms with Gasteiger partial charge in [0.2, 0.25) is 5.92 Å². The molecule has 0 spiro atoms. The van der Waals surface area contributed by atoms with Gasteiger partial charge >= 0.3 is 6.18 Å². The van der Waals surface area contributed by atoms with E-state index in [4.69, 9.17) is 4.98 Å². The largest absolute Gasteiger partial charge is 0.598 e. The van der Waals surface area contributed by atoms with Crippen LogP contribution in [-0.2, 0) is 17.9 Å². The van der Waals surface area contributed by atoms with E-state index in [0.29, 0.717) is 23.0 Å². The second kappa shape index (κ2) is 13.0. The molecule has 10 nitrogen and oxygen atoms in total. The number of carbonyl (C=O) groups excluding carboxylic acids is 1. The number of rotatable bonds is 13. The minimum absolute atomic E-state index is 0.118. The van der Waals surface area contributed by atoms with Gasteiger partial charge in [0.25, 0.3) is 5.91 Å². The molecule has 16 heteroatoms. The average molecular weight is 631 g/mol. The molecule has 0 bridgehead atoms. The van der Waals surface area contributed by atoms with Crippen LogP contribution in [0.1, 0.15) is 98.5 Å². The highest BCUT2D eigenvalue weighted by molar-refractivity contribution is 7.89. The van der Waals surface area contributed by atoms with Gasteiger partial charge in [-0.05, 0) is 55.6 Å². The number of unbranched alkanes of at least 4 members (excludes halogenated alkanes) is 1. The maximum absolute atomic E-state index is 14.0. The maximum Gasteiger partial charge on any atom is 0.390 e. The van der Waals surface area contributed by atoms with E-state index >= 15 is 0 Å². The van der Waals surface area contributed by atoms with Crippen LogP contribution in [0, 0.1) is 11.8 Å². The molecular formula is C27H35F5N8O2S. The normalized spacial score (nSPS) is 19.8. The Morgan fingerprint density at radius 3 is 2.56 bits per heavy atom. The fourth-order valence-corrected chi connectivity index (χ4v) is 6.73. The highest BCUT2D eigenvalue weighted by Gasteiger charge is 2.40. The number of aromatic nitrogens is 6. The Morgan fingerprint density at radius 2 is 1.88 bits per heavy atom. The minimum atomic E-state index is -4.45. The highest BCUT2D eigenvalue weighted by atomic mass is 32.2. The molecule has 5 rings (SSSR count). The second-order valence-corrected chi connectivity index (χ2v) is 12.8. The van der Waals surface area contributed by atoms with E-state index in [1.807, 2.05) is 13.0 Å². The molecule has 3 aromatic heterocycles. The van der Waals surface area contributed by atoms with Crippen LogP contribution in [0.3, 0.4) is 0 Å². The molecule has 2 fully saturated rings. The Kier molecular flexibility index (Phi) is 9.56. The molecule has 236 valence electrons. The molecule has 0 saturated heterocycles. The summed E-state index contributed by atoms with van der Waals surface area (Å²) in [6.45, 7) is 1.45. The number of carbonyl (C=O) groups is 1. The number of halogens is 5. The van der Waals surface area contributed by atoms with Gasteiger partial charge in [0, 0.05) is 24.2 Å². The maximum atomic E-state index is 14.0. The molecule has 3 aromatic rings. The number of amides is 1. The van der Waals surface area contributed by atoms with Crippen molar-refractivity contribution in [1.82, 2.24) is 39.6 Å². The number of hydrogen-bond acceptors (Lipinski definition) is 7. The van der Waals surface area contributed by atoms with Crippen molar-refractivity contribution in [2.45, 2.75) is 95.4 Å². The molecule has 0 aromatic carbocycles. The second-order valence-electron chi connectivity index (χ2n) is 11.4. The standard InChI is InChI=1S/C27H35F5N8O2S/c1-2-3-12-43(42)37-23(17-4-5-17)19-13-22-35-20(16-40(22)34-14-19)24(18-6-8-26(28,29)9-7-18)36-25(41)21-15-33-38-39(21)11-10-27(30,31)32/h13-18,23-24,37H,2-12H2,1H3,(H,36,41)/t23?,24-,43-/m0/s1. The Balaban J connectivity index is 1.40. The van der Waals surface area contributed by atoms with Gasteiger partial charge in [-0.2, -0.15) is 18.3 Å². The third kappa shape index (κ3) is 8.20. The fourth-order valence-electron chi connectivity index (χ4n) is 5.45. The van der Waals surface area contributed by atoms with Crippen LogP contribution < -0.4 is 10.0 Å². The minimum Gasteiger partial charge on any atom is -0.598 e. The van der Waals surface area contributed by atoms with Crippen molar-refractivity contribution in [3.05, 3.63) is 41.6 Å². The molecule has 2 aliphatic rings. The number of nitrogens with zero attached hydrogens (tertiary/aromatic N) is 6. The van der Waals surface area contributed by atoms with Crippen LogP contribution in [0.4, 0.5) is 22.0 Å². The van der Waals surface area contributed by atoms with E-state index in [1.54, 1.807) is 12.4 Å². The van der Waals surface area contributed by atoms with E-state index in [2.05, 4.69) is 25.4 Å². The number of hydrogen-bond donors (Lipinski definition) is 2. The molecule has 43 heavy (non-hydrogen) atoms. The molecule has 1 amide bonds. The molecule has 0 aliphatic heterocycles. The first-order valence-electron chi connectivity index (χ1n) is 14.6. The van der Waals surface area contributed by atoms with Gasteiger partial charge < -0.3 is 9.87 Å². The van der Waals surface area contributed by atoms with Crippen LogP contribution in [-0.4, -0.2) is 57.9 Å². The SMILES string of the molecule is CCCC[S@+]([O-])NC(c1cnn2cc([C@@H](NC(=O)c3cnnn3CCC(F)(F)F)C3CCC(F)(F)CC3)nc2c1)C1CC1. The first-order valence-corrected chi connectivity index (χ1v) is 15.9. The predicted molar refractivity (Wildman–Crippen MR) is 147 cm³/mol. The Labute approximate surface area is 248 Å². The van der Waals surface area contributed by atoms with Crippen LogP contribution in [0.15, 0.2) is 24.7 Å². The lowest BCUT2D eigenvalue weighted by Gasteiger charge is -2.33. The summed E-state index contributed by atoms with van der Waals surface area (Å²) in [5, 5.41) is 14.5. The quantitative estimate of drug-likeness (QED) is 0.200. The smallest absolute Gasteiger partial charge is 0.390 e. The number of fused-ring (bicyclic) bond motifs is 1. The van der Waals surface area contributed by atoms with Crippen LogP contribution in [0.25, 0.3) is 5.65 Å². The Hall–Kier alpha value is -2.85. The topological polar surface area (TPSA) is 125 Å². The number of alkyl halides is 5. The molecular weight excluding hydrogens is 595 g/mol. The van der Waals surface area contributed by atoms with Crippen molar-refractivity contribution in [1.29, 1.82) is 0 Å². The summed E-state index contributed by atoms with van der Waals surface area (Å²) >= 11 is -1.20. The first kappa shape index (κ1) is 31.6. The summed E-state index contributed by atoms with van der Waals surface area (Å²) in [6, 6.07) is 0.877. The van der Waals surface area contributed by atoms with E-state index in [1.165, 1.54) is 4.52 Å². The summed E-state index contributed by atoms with van der Waals surface area (Å²) in [5.41, 5.74) is 1.52. The average Bonchev–Trinajstić information content (AvgIpc) is 3.52. The van der Waals surface area contributed by atoms with Crippen molar-refractivity contribution in [3.8, 4) is 0 Å². The van der Waals surface area contributed by atoms with Gasteiger partial charge in [-0.15, -0.1) is 9.82 Å².